The lowest BCUT2D eigenvalue weighted by molar-refractivity contribution is -0.126. The number of hydrogen-bond donors (Lipinski definition) is 1. The van der Waals surface area contributed by atoms with Crippen molar-refractivity contribution in [3.8, 4) is 11.5 Å². The Balaban J connectivity index is 1.37. The third kappa shape index (κ3) is 2.38. The number of benzene rings is 1. The van der Waals surface area contributed by atoms with Crippen molar-refractivity contribution in [3.05, 3.63) is 35.9 Å². The van der Waals surface area contributed by atoms with Crippen LogP contribution in [0.5, 0.6) is 11.5 Å². The van der Waals surface area contributed by atoms with Crippen molar-refractivity contribution >= 4 is 5.91 Å². The molecule has 0 bridgehead atoms. The number of amides is 1. The van der Waals surface area contributed by atoms with Gasteiger partial charge >= 0.3 is 0 Å². The van der Waals surface area contributed by atoms with Gasteiger partial charge in [-0.25, -0.2) is 9.67 Å². The van der Waals surface area contributed by atoms with Gasteiger partial charge in [0.05, 0.1) is 12.5 Å². The third-order valence-electron chi connectivity index (χ3n) is 4.08. The minimum Gasteiger partial charge on any atom is -0.454 e. The Morgan fingerprint density at radius 1 is 1.36 bits per heavy atom. The molecular weight excluding hydrogens is 284 g/mol. The van der Waals surface area contributed by atoms with Crippen LogP contribution in [0.1, 0.15) is 17.8 Å². The fraction of sp³-hybridized carbons (Fsp3) is 0.400. The fourth-order valence-electron chi connectivity index (χ4n) is 2.84. The fourth-order valence-corrected chi connectivity index (χ4v) is 2.84. The Morgan fingerprint density at radius 2 is 2.27 bits per heavy atom. The maximum absolute atomic E-state index is 12.3. The molecule has 0 saturated carbocycles. The van der Waals surface area contributed by atoms with Gasteiger partial charge in [-0.1, -0.05) is 6.07 Å². The first kappa shape index (κ1) is 13.1. The number of carbonyl (C=O) groups is 1. The minimum absolute atomic E-state index is 0.0526. The zero-order valence-electron chi connectivity index (χ0n) is 12.0. The lowest BCUT2D eigenvalue weighted by Gasteiger charge is -2.21. The van der Waals surface area contributed by atoms with Gasteiger partial charge in [0.1, 0.15) is 12.2 Å². The van der Waals surface area contributed by atoms with Crippen LogP contribution in [0.25, 0.3) is 0 Å². The normalized spacial score (nSPS) is 18.8. The van der Waals surface area contributed by atoms with E-state index in [-0.39, 0.29) is 18.6 Å². The van der Waals surface area contributed by atoms with Crippen LogP contribution in [0.15, 0.2) is 24.5 Å². The van der Waals surface area contributed by atoms with E-state index in [0.717, 1.165) is 35.7 Å². The van der Waals surface area contributed by atoms with Crippen LogP contribution in [-0.4, -0.2) is 27.5 Å². The number of ether oxygens (including phenoxy) is 2. The molecule has 1 unspecified atom stereocenters. The topological polar surface area (TPSA) is 78.3 Å². The van der Waals surface area contributed by atoms with E-state index in [0.29, 0.717) is 13.1 Å². The number of fused-ring (bicyclic) bond motifs is 2. The molecule has 0 aliphatic carbocycles. The minimum atomic E-state index is -0.0526. The van der Waals surface area contributed by atoms with Gasteiger partial charge in [-0.2, -0.15) is 5.10 Å². The first-order chi connectivity index (χ1) is 10.8. The molecule has 1 amide bonds. The largest absolute Gasteiger partial charge is 0.454 e. The summed E-state index contributed by atoms with van der Waals surface area (Å²) in [5, 5.41) is 7.13. The molecule has 0 spiro atoms. The number of hydrogen-bond acceptors (Lipinski definition) is 5. The van der Waals surface area contributed by atoms with Crippen LogP contribution in [0, 0.1) is 5.92 Å². The Morgan fingerprint density at radius 3 is 3.23 bits per heavy atom. The Labute approximate surface area is 127 Å². The van der Waals surface area contributed by atoms with E-state index in [1.165, 1.54) is 0 Å². The molecule has 0 radical (unpaired) electrons. The Hall–Kier alpha value is -2.57. The number of rotatable bonds is 3. The summed E-state index contributed by atoms with van der Waals surface area (Å²) in [6.07, 6.45) is 3.15. The van der Waals surface area contributed by atoms with Crippen molar-refractivity contribution in [2.75, 3.05) is 6.79 Å². The van der Waals surface area contributed by atoms with Gasteiger partial charge in [0.15, 0.2) is 11.5 Å². The lowest BCUT2D eigenvalue weighted by Crippen LogP contribution is -2.36. The lowest BCUT2D eigenvalue weighted by atomic mass is 9.99. The van der Waals surface area contributed by atoms with Gasteiger partial charge in [0, 0.05) is 13.0 Å². The number of carbonyl (C=O) groups excluding carboxylic acids is 1. The molecule has 7 heteroatoms. The summed E-state index contributed by atoms with van der Waals surface area (Å²) in [5.74, 6) is 2.44. The first-order valence-electron chi connectivity index (χ1n) is 7.32. The summed E-state index contributed by atoms with van der Waals surface area (Å²) in [5.41, 5.74) is 0.995. The van der Waals surface area contributed by atoms with E-state index in [1.54, 1.807) is 6.33 Å². The van der Waals surface area contributed by atoms with Gasteiger partial charge in [-0.15, -0.1) is 0 Å². The number of aromatic nitrogens is 3. The predicted octanol–water partition coefficient (Wildman–Crippen LogP) is 0.886. The van der Waals surface area contributed by atoms with Crippen molar-refractivity contribution in [1.29, 1.82) is 0 Å². The summed E-state index contributed by atoms with van der Waals surface area (Å²) < 4.78 is 12.4. The SMILES string of the molecule is O=C(NCc1ccc2c(c1)OCO2)C1CCc2ncnn2C1. The molecular formula is C15H16N4O3. The molecule has 1 aromatic heterocycles. The van der Waals surface area contributed by atoms with Gasteiger partial charge in [-0.3, -0.25) is 4.79 Å². The van der Waals surface area contributed by atoms with E-state index in [1.807, 2.05) is 22.9 Å². The van der Waals surface area contributed by atoms with Crippen molar-refractivity contribution in [2.45, 2.75) is 25.9 Å². The summed E-state index contributed by atoms with van der Waals surface area (Å²) in [6.45, 7) is 1.34. The zero-order chi connectivity index (χ0) is 14.9. The van der Waals surface area contributed by atoms with Crippen molar-refractivity contribution in [3.63, 3.8) is 0 Å². The second-order valence-corrected chi connectivity index (χ2v) is 5.50. The molecule has 0 saturated heterocycles. The van der Waals surface area contributed by atoms with Crippen LogP contribution >= 0.6 is 0 Å². The number of nitrogens with zero attached hydrogens (tertiary/aromatic N) is 3. The molecule has 22 heavy (non-hydrogen) atoms. The summed E-state index contributed by atoms with van der Waals surface area (Å²) in [4.78, 5) is 16.5. The molecule has 4 rings (SSSR count). The van der Waals surface area contributed by atoms with Crippen molar-refractivity contribution in [2.24, 2.45) is 5.92 Å². The van der Waals surface area contributed by atoms with Crippen molar-refractivity contribution < 1.29 is 14.3 Å². The summed E-state index contributed by atoms with van der Waals surface area (Å²) in [7, 11) is 0. The third-order valence-corrected chi connectivity index (χ3v) is 4.08. The molecule has 2 aromatic rings. The Kier molecular flexibility index (Phi) is 3.17. The highest BCUT2D eigenvalue weighted by molar-refractivity contribution is 5.78. The van der Waals surface area contributed by atoms with Crippen molar-refractivity contribution in [1.82, 2.24) is 20.1 Å². The smallest absolute Gasteiger partial charge is 0.231 e. The van der Waals surface area contributed by atoms with Crippen LogP contribution in [-0.2, 0) is 24.3 Å². The second-order valence-electron chi connectivity index (χ2n) is 5.50. The average Bonchev–Trinajstić information content (AvgIpc) is 3.19. The predicted molar refractivity (Wildman–Crippen MR) is 76.2 cm³/mol. The van der Waals surface area contributed by atoms with E-state index in [9.17, 15) is 4.79 Å². The van der Waals surface area contributed by atoms with Crippen LogP contribution in [0.3, 0.4) is 0 Å². The maximum atomic E-state index is 12.3. The molecule has 7 nitrogen and oxygen atoms in total. The van der Waals surface area contributed by atoms with Gasteiger partial charge < -0.3 is 14.8 Å². The highest BCUT2D eigenvalue weighted by atomic mass is 16.7. The van der Waals surface area contributed by atoms with E-state index in [4.69, 9.17) is 9.47 Å². The maximum Gasteiger partial charge on any atom is 0.231 e. The van der Waals surface area contributed by atoms with Gasteiger partial charge in [0.2, 0.25) is 12.7 Å². The van der Waals surface area contributed by atoms with Gasteiger partial charge in [0.25, 0.3) is 0 Å². The molecule has 2 aliphatic heterocycles. The molecule has 1 atom stereocenters. The highest BCUT2D eigenvalue weighted by Crippen LogP contribution is 2.32. The number of nitrogens with one attached hydrogen (secondary N) is 1. The molecule has 0 fully saturated rings. The standard InChI is InChI=1S/C15H16N4O3/c20-15(11-2-4-14-17-8-18-19(14)7-11)16-6-10-1-3-12-13(5-10)22-9-21-12/h1,3,5,8,11H,2,4,6-7,9H2,(H,16,20). The Bertz CT molecular complexity index is 713. The molecule has 1 N–H and O–H groups in total. The van der Waals surface area contributed by atoms with Crippen LogP contribution < -0.4 is 14.8 Å². The molecule has 1 aromatic carbocycles. The van der Waals surface area contributed by atoms with E-state index < -0.39 is 0 Å². The quantitative estimate of drug-likeness (QED) is 0.910. The average molecular weight is 300 g/mol. The highest BCUT2D eigenvalue weighted by Gasteiger charge is 2.25. The van der Waals surface area contributed by atoms with E-state index in [2.05, 4.69) is 15.4 Å². The first-order valence-corrected chi connectivity index (χ1v) is 7.32. The van der Waals surface area contributed by atoms with Crippen LogP contribution in [0.4, 0.5) is 0 Å². The number of aryl methyl sites for hydroxylation is 1. The molecule has 2 aliphatic rings. The zero-order valence-corrected chi connectivity index (χ0v) is 12.0. The van der Waals surface area contributed by atoms with Gasteiger partial charge in [-0.05, 0) is 24.1 Å². The molecule has 114 valence electrons. The van der Waals surface area contributed by atoms with E-state index >= 15 is 0 Å². The summed E-state index contributed by atoms with van der Waals surface area (Å²) in [6, 6.07) is 5.70. The molecule has 3 heterocycles. The van der Waals surface area contributed by atoms with Crippen LogP contribution in [0.2, 0.25) is 0 Å². The summed E-state index contributed by atoms with van der Waals surface area (Å²) >= 11 is 0. The monoisotopic (exact) mass is 300 g/mol. The second kappa shape index (κ2) is 5.32.